The highest BCUT2D eigenvalue weighted by Crippen LogP contribution is 2.36. The highest BCUT2D eigenvalue weighted by Gasteiger charge is 2.27. The Kier molecular flexibility index (Phi) is 15.2. The fraction of sp³-hybridized carbons (Fsp3) is 0.381. The van der Waals surface area contributed by atoms with Gasteiger partial charge in [-0.05, 0) is 85.0 Å². The number of benzene rings is 3. The molecule has 0 aliphatic heterocycles. The third-order valence-electron chi connectivity index (χ3n) is 8.82. The predicted octanol–water partition coefficient (Wildman–Crippen LogP) is 8.73. The van der Waals surface area contributed by atoms with Crippen molar-refractivity contribution in [2.45, 2.75) is 89.9 Å². The molecule has 0 fully saturated rings. The van der Waals surface area contributed by atoms with Gasteiger partial charge in [0.1, 0.15) is 11.5 Å². The molecule has 50 heavy (non-hydrogen) atoms. The summed E-state index contributed by atoms with van der Waals surface area (Å²) >= 11 is 0. The minimum absolute atomic E-state index is 0.288. The van der Waals surface area contributed by atoms with Crippen LogP contribution in [0.3, 0.4) is 0 Å². The average molecular weight is 683 g/mol. The largest absolute Gasteiger partial charge is 0.463 e. The van der Waals surface area contributed by atoms with Crippen LogP contribution in [0.25, 0.3) is 0 Å². The van der Waals surface area contributed by atoms with E-state index in [1.165, 1.54) is 0 Å². The molecule has 8 heteroatoms. The topological polar surface area (TPSA) is 105 Å². The number of carbonyl (C=O) groups excluding carboxylic acids is 4. The summed E-state index contributed by atoms with van der Waals surface area (Å²) in [6, 6.07) is 23.9. The second-order valence-corrected chi connectivity index (χ2v) is 13.2. The number of hydrogen-bond donors (Lipinski definition) is 0. The van der Waals surface area contributed by atoms with E-state index in [2.05, 4.69) is 65.1 Å². The van der Waals surface area contributed by atoms with E-state index < -0.39 is 11.9 Å². The molecule has 0 aromatic heterocycles. The number of carbonyl (C=O) groups is 4. The van der Waals surface area contributed by atoms with Gasteiger partial charge in [-0.3, -0.25) is 9.59 Å². The van der Waals surface area contributed by atoms with Crippen LogP contribution in [0.1, 0.15) is 101 Å². The van der Waals surface area contributed by atoms with Gasteiger partial charge in [-0.15, -0.1) is 0 Å². The highest BCUT2D eigenvalue weighted by molar-refractivity contribution is 5.81. The second-order valence-electron chi connectivity index (χ2n) is 13.2. The third kappa shape index (κ3) is 12.2. The standard InChI is InChI=1S/C42H50O8/c1-7-37(43)47-29-13-9-11-15-39(45)49-35-25-21-33(22-26-35)41(3,4)31-17-19-32(20-18-31)42(5,6)34-23-27-36(28-24-34)50-40(46)16-12-10-14-30-48-38(44)8-2/h7-8,17-28H,1-2,9-16,29-30H2,3-6H3. The zero-order valence-electron chi connectivity index (χ0n) is 29.8. The van der Waals surface area contributed by atoms with E-state index in [9.17, 15) is 19.2 Å². The highest BCUT2D eigenvalue weighted by atomic mass is 16.5. The van der Waals surface area contributed by atoms with Gasteiger partial charge in [0, 0.05) is 35.8 Å². The van der Waals surface area contributed by atoms with Gasteiger partial charge in [0.25, 0.3) is 0 Å². The molecule has 0 unspecified atom stereocenters. The zero-order valence-corrected chi connectivity index (χ0v) is 29.8. The van der Waals surface area contributed by atoms with Crippen LogP contribution in [0.4, 0.5) is 0 Å². The zero-order chi connectivity index (χ0) is 36.6. The van der Waals surface area contributed by atoms with Crippen LogP contribution < -0.4 is 9.47 Å². The number of unbranched alkanes of at least 4 members (excludes halogenated alkanes) is 4. The van der Waals surface area contributed by atoms with Crippen molar-refractivity contribution in [3.05, 3.63) is 120 Å². The quantitative estimate of drug-likeness (QED) is 0.0504. The predicted molar refractivity (Wildman–Crippen MR) is 194 cm³/mol. The molecule has 0 amide bonds. The van der Waals surface area contributed by atoms with Crippen molar-refractivity contribution in [1.82, 2.24) is 0 Å². The Labute approximate surface area is 296 Å². The van der Waals surface area contributed by atoms with Gasteiger partial charge in [-0.2, -0.15) is 0 Å². The molecule has 0 aliphatic carbocycles. The maximum absolute atomic E-state index is 12.3. The smallest absolute Gasteiger partial charge is 0.330 e. The van der Waals surface area contributed by atoms with Crippen molar-refractivity contribution >= 4 is 23.9 Å². The fourth-order valence-corrected chi connectivity index (χ4v) is 5.44. The normalized spacial score (nSPS) is 11.3. The van der Waals surface area contributed by atoms with E-state index in [0.29, 0.717) is 63.2 Å². The van der Waals surface area contributed by atoms with Crippen LogP contribution >= 0.6 is 0 Å². The number of hydrogen-bond acceptors (Lipinski definition) is 8. The van der Waals surface area contributed by atoms with E-state index in [0.717, 1.165) is 47.2 Å². The van der Waals surface area contributed by atoms with Crippen LogP contribution in [0, 0.1) is 0 Å². The lowest BCUT2D eigenvalue weighted by atomic mass is 9.74. The third-order valence-corrected chi connectivity index (χ3v) is 8.82. The lowest BCUT2D eigenvalue weighted by Gasteiger charge is -2.29. The molecule has 0 aliphatic rings. The maximum Gasteiger partial charge on any atom is 0.330 e. The number of rotatable bonds is 20. The molecular formula is C42H50O8. The van der Waals surface area contributed by atoms with Crippen LogP contribution in [0.15, 0.2) is 98.1 Å². The van der Waals surface area contributed by atoms with Crippen molar-refractivity contribution in [3.8, 4) is 11.5 Å². The van der Waals surface area contributed by atoms with Gasteiger partial charge in [0.2, 0.25) is 0 Å². The molecule has 0 heterocycles. The molecule has 0 saturated carbocycles. The first-order chi connectivity index (χ1) is 23.9. The molecule has 266 valence electrons. The van der Waals surface area contributed by atoms with Gasteiger partial charge in [0.15, 0.2) is 0 Å². The summed E-state index contributed by atoms with van der Waals surface area (Å²) in [5.74, 6) is -0.441. The molecule has 3 aromatic rings. The fourth-order valence-electron chi connectivity index (χ4n) is 5.44. The molecule has 3 rings (SSSR count). The Hall–Kier alpha value is -4.98. The second kappa shape index (κ2) is 19.3. The lowest BCUT2D eigenvalue weighted by Crippen LogP contribution is -2.21. The average Bonchev–Trinajstić information content (AvgIpc) is 3.11. The van der Waals surface area contributed by atoms with Gasteiger partial charge < -0.3 is 18.9 Å². The van der Waals surface area contributed by atoms with Crippen molar-refractivity contribution in [2.24, 2.45) is 0 Å². The summed E-state index contributed by atoms with van der Waals surface area (Å²) in [5, 5.41) is 0. The molecule has 8 nitrogen and oxygen atoms in total. The molecule has 3 aromatic carbocycles. The minimum Gasteiger partial charge on any atom is -0.463 e. The number of esters is 4. The summed E-state index contributed by atoms with van der Waals surface area (Å²) in [5.41, 5.74) is 3.92. The monoisotopic (exact) mass is 682 g/mol. The Morgan fingerprint density at radius 3 is 1.10 bits per heavy atom. The van der Waals surface area contributed by atoms with E-state index >= 15 is 0 Å². The Morgan fingerprint density at radius 1 is 0.500 bits per heavy atom. The lowest BCUT2D eigenvalue weighted by molar-refractivity contribution is -0.138. The van der Waals surface area contributed by atoms with Crippen molar-refractivity contribution < 1.29 is 38.1 Å². The van der Waals surface area contributed by atoms with Gasteiger partial charge >= 0.3 is 23.9 Å². The van der Waals surface area contributed by atoms with E-state index in [1.807, 2.05) is 48.5 Å². The van der Waals surface area contributed by atoms with Crippen LogP contribution in [-0.2, 0) is 39.5 Å². The van der Waals surface area contributed by atoms with Gasteiger partial charge in [0.05, 0.1) is 13.2 Å². The SMILES string of the molecule is C=CC(=O)OCCCCCC(=O)Oc1ccc(C(C)(C)c2ccc(C(C)(C)c3ccc(OC(=O)CCCCCOC(=O)C=C)cc3)cc2)cc1. The number of ether oxygens (including phenoxy) is 4. The maximum atomic E-state index is 12.3. The van der Waals surface area contributed by atoms with Crippen LogP contribution in [0.2, 0.25) is 0 Å². The van der Waals surface area contributed by atoms with E-state index in [-0.39, 0.29) is 22.8 Å². The summed E-state index contributed by atoms with van der Waals surface area (Å²) in [6.07, 6.45) is 7.06. The van der Waals surface area contributed by atoms with Crippen molar-refractivity contribution in [2.75, 3.05) is 13.2 Å². The van der Waals surface area contributed by atoms with Crippen LogP contribution in [-0.4, -0.2) is 37.1 Å². The minimum atomic E-state index is -0.439. The van der Waals surface area contributed by atoms with E-state index in [4.69, 9.17) is 18.9 Å². The van der Waals surface area contributed by atoms with Crippen LogP contribution in [0.5, 0.6) is 11.5 Å². The first-order valence-corrected chi connectivity index (χ1v) is 17.2. The molecule has 0 N–H and O–H groups in total. The molecule has 0 bridgehead atoms. The summed E-state index contributed by atoms with van der Waals surface area (Å²) in [4.78, 5) is 46.8. The Morgan fingerprint density at radius 2 is 0.800 bits per heavy atom. The Bertz CT molecular complexity index is 1460. The summed E-state index contributed by atoms with van der Waals surface area (Å²) in [6.45, 7) is 16.0. The van der Waals surface area contributed by atoms with Gasteiger partial charge in [-0.25, -0.2) is 9.59 Å². The molecule has 0 spiro atoms. The molecule has 0 radical (unpaired) electrons. The summed E-state index contributed by atoms with van der Waals surface area (Å²) in [7, 11) is 0. The molecule has 0 saturated heterocycles. The molecule has 0 atom stereocenters. The molecular weight excluding hydrogens is 632 g/mol. The first-order valence-electron chi connectivity index (χ1n) is 17.2. The van der Waals surface area contributed by atoms with Crippen molar-refractivity contribution in [3.63, 3.8) is 0 Å². The summed E-state index contributed by atoms with van der Waals surface area (Å²) < 4.78 is 20.9. The van der Waals surface area contributed by atoms with E-state index in [1.54, 1.807) is 0 Å². The Balaban J connectivity index is 1.50. The van der Waals surface area contributed by atoms with Gasteiger partial charge in [-0.1, -0.05) is 89.4 Å². The van der Waals surface area contributed by atoms with Crippen molar-refractivity contribution in [1.29, 1.82) is 0 Å². The first kappa shape index (κ1) is 39.5.